The predicted octanol–water partition coefficient (Wildman–Crippen LogP) is 1.95. The van der Waals surface area contributed by atoms with Crippen molar-refractivity contribution in [2.24, 2.45) is 5.92 Å². The molecule has 106 valence electrons. The lowest BCUT2D eigenvalue weighted by atomic mass is 9.95. The third kappa shape index (κ3) is 4.94. The summed E-state index contributed by atoms with van der Waals surface area (Å²) in [5.41, 5.74) is 0. The summed E-state index contributed by atoms with van der Waals surface area (Å²) in [6, 6.07) is -0.264. The number of piperidine rings is 1. The van der Waals surface area contributed by atoms with Crippen LogP contribution in [0.2, 0.25) is 0 Å². The average Bonchev–Trinajstić information content (AvgIpc) is 2.37. The molecule has 18 heavy (non-hydrogen) atoms. The number of likely N-dealkylation sites (tertiary alicyclic amines) is 1. The normalized spacial score (nSPS) is 19.9. The Labute approximate surface area is 111 Å². The third-order valence-corrected chi connectivity index (χ3v) is 3.80. The van der Waals surface area contributed by atoms with E-state index < -0.39 is 5.97 Å². The average molecular weight is 256 g/mol. The van der Waals surface area contributed by atoms with Gasteiger partial charge in [0.05, 0.1) is 0 Å². The van der Waals surface area contributed by atoms with Gasteiger partial charge in [0, 0.05) is 0 Å². The molecule has 0 aromatic rings. The highest BCUT2D eigenvalue weighted by Gasteiger charge is 2.28. The van der Waals surface area contributed by atoms with Gasteiger partial charge in [-0.15, -0.1) is 0 Å². The van der Waals surface area contributed by atoms with Crippen LogP contribution in [0, 0.1) is 5.92 Å². The number of carboxylic acids is 1. The second-order valence-corrected chi connectivity index (χ2v) is 5.33. The Morgan fingerprint density at radius 2 is 2.00 bits per heavy atom. The molecule has 0 aliphatic carbocycles. The first-order valence-electron chi connectivity index (χ1n) is 7.36. The van der Waals surface area contributed by atoms with Crippen LogP contribution in [0.1, 0.15) is 46.0 Å². The Morgan fingerprint density at radius 1 is 1.33 bits per heavy atom. The van der Waals surface area contributed by atoms with E-state index in [2.05, 4.69) is 24.1 Å². The van der Waals surface area contributed by atoms with E-state index in [0.717, 1.165) is 57.8 Å². The van der Waals surface area contributed by atoms with E-state index in [1.165, 1.54) is 6.42 Å². The van der Waals surface area contributed by atoms with Crippen molar-refractivity contribution in [2.45, 2.75) is 52.0 Å². The number of nitrogens with zero attached hydrogens (tertiary/aromatic N) is 1. The maximum atomic E-state index is 11.2. The van der Waals surface area contributed by atoms with Crippen molar-refractivity contribution in [3.63, 3.8) is 0 Å². The van der Waals surface area contributed by atoms with Gasteiger partial charge in [0.15, 0.2) is 0 Å². The van der Waals surface area contributed by atoms with E-state index in [4.69, 9.17) is 0 Å². The van der Waals surface area contributed by atoms with Crippen molar-refractivity contribution in [1.82, 2.24) is 10.2 Å². The number of hydrogen-bond donors (Lipinski definition) is 2. The van der Waals surface area contributed by atoms with Crippen LogP contribution in [0.15, 0.2) is 0 Å². The van der Waals surface area contributed by atoms with Gasteiger partial charge in [-0.1, -0.05) is 20.3 Å². The Bertz CT molecular complexity index is 238. The van der Waals surface area contributed by atoms with E-state index in [1.54, 1.807) is 0 Å². The molecule has 2 N–H and O–H groups in total. The lowest BCUT2D eigenvalue weighted by Crippen LogP contribution is -2.46. The Morgan fingerprint density at radius 3 is 2.50 bits per heavy atom. The molecule has 0 spiro atoms. The molecule has 1 fully saturated rings. The van der Waals surface area contributed by atoms with Crippen LogP contribution < -0.4 is 5.32 Å². The summed E-state index contributed by atoms with van der Waals surface area (Å²) in [4.78, 5) is 13.4. The fourth-order valence-corrected chi connectivity index (χ4v) is 2.69. The van der Waals surface area contributed by atoms with Crippen LogP contribution in [-0.4, -0.2) is 48.2 Å². The molecule has 1 unspecified atom stereocenters. The Hall–Kier alpha value is -0.610. The van der Waals surface area contributed by atoms with Crippen LogP contribution in [0.3, 0.4) is 0 Å². The first-order chi connectivity index (χ1) is 8.69. The predicted molar refractivity (Wildman–Crippen MR) is 73.8 cm³/mol. The lowest BCUT2D eigenvalue weighted by molar-refractivity contribution is -0.144. The van der Waals surface area contributed by atoms with Crippen LogP contribution in [0.5, 0.6) is 0 Å². The molecule has 0 bridgehead atoms. The molecule has 0 aromatic heterocycles. The van der Waals surface area contributed by atoms with E-state index >= 15 is 0 Å². The smallest absolute Gasteiger partial charge is 0.320 e. The van der Waals surface area contributed by atoms with E-state index in [1.807, 2.05) is 0 Å². The maximum Gasteiger partial charge on any atom is 0.320 e. The third-order valence-electron chi connectivity index (χ3n) is 3.80. The van der Waals surface area contributed by atoms with Crippen LogP contribution in [0.4, 0.5) is 0 Å². The number of hydrogen-bond acceptors (Lipinski definition) is 3. The highest BCUT2D eigenvalue weighted by atomic mass is 16.4. The fourth-order valence-electron chi connectivity index (χ4n) is 2.69. The molecule has 1 heterocycles. The van der Waals surface area contributed by atoms with Crippen molar-refractivity contribution in [2.75, 3.05) is 26.2 Å². The minimum atomic E-state index is -0.653. The van der Waals surface area contributed by atoms with E-state index in [0.29, 0.717) is 0 Å². The molecule has 0 radical (unpaired) electrons. The lowest BCUT2D eigenvalue weighted by Gasteiger charge is -2.35. The van der Waals surface area contributed by atoms with E-state index in [-0.39, 0.29) is 6.04 Å². The van der Waals surface area contributed by atoms with Crippen LogP contribution in [0.25, 0.3) is 0 Å². The fraction of sp³-hybridized carbons (Fsp3) is 0.929. The van der Waals surface area contributed by atoms with Gasteiger partial charge in [-0.2, -0.15) is 0 Å². The van der Waals surface area contributed by atoms with Crippen molar-refractivity contribution >= 4 is 5.97 Å². The number of rotatable bonds is 8. The van der Waals surface area contributed by atoms with Crippen LogP contribution >= 0.6 is 0 Å². The topological polar surface area (TPSA) is 52.6 Å². The molecule has 0 amide bonds. The minimum absolute atomic E-state index is 0.264. The highest BCUT2D eigenvalue weighted by Crippen LogP contribution is 2.20. The van der Waals surface area contributed by atoms with Crippen molar-refractivity contribution in [3.8, 4) is 0 Å². The van der Waals surface area contributed by atoms with Gasteiger partial charge in [0.1, 0.15) is 6.04 Å². The summed E-state index contributed by atoms with van der Waals surface area (Å²) in [6.07, 6.45) is 5.15. The van der Waals surface area contributed by atoms with Crippen molar-refractivity contribution < 1.29 is 9.90 Å². The molecule has 1 saturated heterocycles. The minimum Gasteiger partial charge on any atom is -0.480 e. The first-order valence-corrected chi connectivity index (χ1v) is 7.36. The van der Waals surface area contributed by atoms with Gasteiger partial charge in [0.2, 0.25) is 0 Å². The first kappa shape index (κ1) is 15.4. The molecule has 4 nitrogen and oxygen atoms in total. The zero-order chi connectivity index (χ0) is 13.4. The quantitative estimate of drug-likeness (QED) is 0.652. The second kappa shape index (κ2) is 8.48. The van der Waals surface area contributed by atoms with Crippen molar-refractivity contribution in [3.05, 3.63) is 0 Å². The number of nitrogens with one attached hydrogen (secondary N) is 1. The largest absolute Gasteiger partial charge is 0.480 e. The van der Waals surface area contributed by atoms with Gasteiger partial charge in [-0.3, -0.25) is 9.69 Å². The second-order valence-electron chi connectivity index (χ2n) is 5.33. The zero-order valence-electron chi connectivity index (χ0n) is 11.8. The summed E-state index contributed by atoms with van der Waals surface area (Å²) < 4.78 is 0. The van der Waals surface area contributed by atoms with E-state index in [9.17, 15) is 9.90 Å². The Kier molecular flexibility index (Phi) is 7.28. The molecular formula is C14H28N2O2. The standard InChI is InChI=1S/C14H28N2O2/c1-3-5-13(14(17)18)16-9-6-12(7-10-16)11-15-8-4-2/h12-13,15H,3-11H2,1-2H3,(H,17,18). The van der Waals surface area contributed by atoms with Gasteiger partial charge in [-0.25, -0.2) is 0 Å². The van der Waals surface area contributed by atoms with Gasteiger partial charge < -0.3 is 10.4 Å². The number of carboxylic acid groups (broad SMARTS) is 1. The maximum absolute atomic E-state index is 11.2. The summed E-state index contributed by atoms with van der Waals surface area (Å²) in [6.45, 7) is 8.29. The monoisotopic (exact) mass is 256 g/mol. The SMILES string of the molecule is CCCNCC1CCN(C(CCC)C(=O)O)CC1. The number of aliphatic carboxylic acids is 1. The molecule has 1 atom stereocenters. The highest BCUT2D eigenvalue weighted by molar-refractivity contribution is 5.73. The molecule has 1 aliphatic rings. The molecule has 0 aromatic carbocycles. The van der Waals surface area contributed by atoms with Gasteiger partial charge >= 0.3 is 5.97 Å². The van der Waals surface area contributed by atoms with Crippen molar-refractivity contribution in [1.29, 1.82) is 0 Å². The van der Waals surface area contributed by atoms with Crippen LogP contribution in [-0.2, 0) is 4.79 Å². The molecule has 4 heteroatoms. The van der Waals surface area contributed by atoms with Gasteiger partial charge in [0.25, 0.3) is 0 Å². The molecule has 1 aliphatic heterocycles. The summed E-state index contributed by atoms with van der Waals surface area (Å²) in [5, 5.41) is 12.7. The molecular weight excluding hydrogens is 228 g/mol. The summed E-state index contributed by atoms with van der Waals surface area (Å²) in [7, 11) is 0. The van der Waals surface area contributed by atoms with Gasteiger partial charge in [-0.05, 0) is 57.8 Å². The summed E-state index contributed by atoms with van der Waals surface area (Å²) in [5.74, 6) is 0.0725. The number of carbonyl (C=O) groups is 1. The Balaban J connectivity index is 2.30. The molecule has 1 rings (SSSR count). The molecule has 0 saturated carbocycles. The summed E-state index contributed by atoms with van der Waals surface area (Å²) >= 11 is 0. The zero-order valence-corrected chi connectivity index (χ0v) is 11.8.